The summed E-state index contributed by atoms with van der Waals surface area (Å²) in [6.07, 6.45) is 2.36. The first-order chi connectivity index (χ1) is 8.13. The highest BCUT2D eigenvalue weighted by molar-refractivity contribution is 5.79. The summed E-state index contributed by atoms with van der Waals surface area (Å²) in [6.45, 7) is -0.0507. The Morgan fingerprint density at radius 3 is 2.88 bits per heavy atom. The highest BCUT2D eigenvalue weighted by Crippen LogP contribution is 1.97. The van der Waals surface area contributed by atoms with E-state index >= 15 is 0 Å². The predicted octanol–water partition coefficient (Wildman–Crippen LogP) is -0.160. The minimum Gasteiger partial charge on any atom is -0.479 e. The first kappa shape index (κ1) is 13.1. The monoisotopic (exact) mass is 238 g/mol. The van der Waals surface area contributed by atoms with Gasteiger partial charge in [-0.15, -0.1) is 0 Å². The Morgan fingerprint density at radius 2 is 2.35 bits per heavy atom. The van der Waals surface area contributed by atoms with Crippen molar-refractivity contribution in [3.63, 3.8) is 0 Å². The van der Waals surface area contributed by atoms with Crippen molar-refractivity contribution in [3.05, 3.63) is 30.1 Å². The van der Waals surface area contributed by atoms with Crippen molar-refractivity contribution in [1.29, 1.82) is 0 Å². The minimum absolute atomic E-state index is 0.0507. The fraction of sp³-hybridized carbons (Fsp3) is 0.364. The first-order valence-electron chi connectivity index (χ1n) is 5.04. The molecule has 0 saturated heterocycles. The van der Waals surface area contributed by atoms with E-state index in [9.17, 15) is 9.59 Å². The van der Waals surface area contributed by atoms with Crippen LogP contribution in [0.2, 0.25) is 0 Å². The van der Waals surface area contributed by atoms with Crippen LogP contribution in [-0.4, -0.2) is 41.7 Å². The van der Waals surface area contributed by atoms with Crippen molar-refractivity contribution >= 4 is 11.9 Å². The molecule has 17 heavy (non-hydrogen) atoms. The SMILES string of the molecule is COC(CNC(=O)Cc1cccnc1)C(=O)O. The number of methoxy groups -OCH3 is 1. The number of carbonyl (C=O) groups excluding carboxylic acids is 1. The van der Waals surface area contributed by atoms with E-state index in [0.29, 0.717) is 0 Å². The van der Waals surface area contributed by atoms with Crippen LogP contribution in [0, 0.1) is 0 Å². The molecular formula is C11H14N2O4. The van der Waals surface area contributed by atoms with Gasteiger partial charge in [-0.25, -0.2) is 4.79 Å². The number of nitrogens with zero attached hydrogens (tertiary/aromatic N) is 1. The fourth-order valence-electron chi connectivity index (χ4n) is 1.23. The molecule has 6 heteroatoms. The Labute approximate surface area is 98.6 Å². The number of pyridine rings is 1. The van der Waals surface area contributed by atoms with Gasteiger partial charge in [0.15, 0.2) is 6.10 Å². The summed E-state index contributed by atoms with van der Waals surface area (Å²) < 4.78 is 4.69. The smallest absolute Gasteiger partial charge is 0.334 e. The molecule has 1 aromatic rings. The molecular weight excluding hydrogens is 224 g/mol. The van der Waals surface area contributed by atoms with Crippen molar-refractivity contribution in [1.82, 2.24) is 10.3 Å². The number of nitrogens with one attached hydrogen (secondary N) is 1. The number of ether oxygens (including phenoxy) is 1. The molecule has 2 N–H and O–H groups in total. The van der Waals surface area contributed by atoms with Gasteiger partial charge in [0.2, 0.25) is 5.91 Å². The van der Waals surface area contributed by atoms with Crippen LogP contribution in [0.5, 0.6) is 0 Å². The number of rotatable bonds is 6. The maximum absolute atomic E-state index is 11.5. The van der Waals surface area contributed by atoms with Crippen molar-refractivity contribution in [2.24, 2.45) is 0 Å². The van der Waals surface area contributed by atoms with E-state index in [1.54, 1.807) is 24.5 Å². The highest BCUT2D eigenvalue weighted by atomic mass is 16.5. The Morgan fingerprint density at radius 1 is 1.59 bits per heavy atom. The number of hydrogen-bond donors (Lipinski definition) is 2. The van der Waals surface area contributed by atoms with Gasteiger partial charge in [0.05, 0.1) is 13.0 Å². The molecule has 1 rings (SSSR count). The number of carboxylic acid groups (broad SMARTS) is 1. The van der Waals surface area contributed by atoms with Gasteiger partial charge in [-0.2, -0.15) is 0 Å². The highest BCUT2D eigenvalue weighted by Gasteiger charge is 2.16. The van der Waals surface area contributed by atoms with E-state index in [1.165, 1.54) is 7.11 Å². The molecule has 1 amide bonds. The predicted molar refractivity (Wildman–Crippen MR) is 59.4 cm³/mol. The third kappa shape index (κ3) is 4.60. The normalized spacial score (nSPS) is 11.8. The van der Waals surface area contributed by atoms with Crippen LogP contribution < -0.4 is 5.32 Å². The molecule has 0 spiro atoms. The Kier molecular flexibility index (Phi) is 5.09. The van der Waals surface area contributed by atoms with Crippen LogP contribution in [-0.2, 0) is 20.7 Å². The summed E-state index contributed by atoms with van der Waals surface area (Å²) >= 11 is 0. The molecule has 0 bridgehead atoms. The van der Waals surface area contributed by atoms with Crippen LogP contribution in [0.3, 0.4) is 0 Å². The lowest BCUT2D eigenvalue weighted by Crippen LogP contribution is -2.38. The number of carboxylic acids is 1. The van der Waals surface area contributed by atoms with E-state index in [4.69, 9.17) is 5.11 Å². The van der Waals surface area contributed by atoms with Gasteiger partial charge in [0.25, 0.3) is 0 Å². The van der Waals surface area contributed by atoms with Gasteiger partial charge in [-0.05, 0) is 11.6 Å². The fourth-order valence-corrected chi connectivity index (χ4v) is 1.23. The summed E-state index contributed by atoms with van der Waals surface area (Å²) in [5.41, 5.74) is 0.772. The second-order valence-corrected chi connectivity index (χ2v) is 3.40. The number of carbonyl (C=O) groups is 2. The molecule has 0 saturated carbocycles. The van der Waals surface area contributed by atoms with Crippen molar-refractivity contribution in [2.45, 2.75) is 12.5 Å². The maximum atomic E-state index is 11.5. The first-order valence-corrected chi connectivity index (χ1v) is 5.04. The van der Waals surface area contributed by atoms with Crippen molar-refractivity contribution in [2.75, 3.05) is 13.7 Å². The van der Waals surface area contributed by atoms with Gasteiger partial charge in [-0.1, -0.05) is 6.07 Å². The molecule has 1 unspecified atom stereocenters. The molecule has 0 radical (unpaired) electrons. The molecule has 0 aromatic carbocycles. The van der Waals surface area contributed by atoms with Crippen molar-refractivity contribution in [3.8, 4) is 0 Å². The quantitative estimate of drug-likeness (QED) is 0.719. The third-order valence-corrected chi connectivity index (χ3v) is 2.13. The van der Waals surface area contributed by atoms with E-state index in [1.807, 2.05) is 0 Å². The Balaban J connectivity index is 2.38. The summed E-state index contributed by atoms with van der Waals surface area (Å²) in [5.74, 6) is -1.37. The average molecular weight is 238 g/mol. The average Bonchev–Trinajstić information content (AvgIpc) is 2.30. The van der Waals surface area contributed by atoms with Crippen LogP contribution in [0.25, 0.3) is 0 Å². The number of amides is 1. The molecule has 92 valence electrons. The van der Waals surface area contributed by atoms with E-state index in [0.717, 1.165) is 5.56 Å². The number of hydrogen-bond acceptors (Lipinski definition) is 4. The lowest BCUT2D eigenvalue weighted by atomic mass is 10.2. The lowest BCUT2D eigenvalue weighted by molar-refractivity contribution is -0.148. The largest absolute Gasteiger partial charge is 0.479 e. The standard InChI is InChI=1S/C11H14N2O4/c1-17-9(11(15)16)7-13-10(14)5-8-3-2-4-12-6-8/h2-4,6,9H,5,7H2,1H3,(H,13,14)(H,15,16). The van der Waals surface area contributed by atoms with Gasteiger partial charge in [0, 0.05) is 19.5 Å². The third-order valence-electron chi connectivity index (χ3n) is 2.13. The second kappa shape index (κ2) is 6.59. The Bertz CT molecular complexity index is 380. The maximum Gasteiger partial charge on any atom is 0.334 e. The zero-order valence-corrected chi connectivity index (χ0v) is 9.42. The van der Waals surface area contributed by atoms with Gasteiger partial charge in [-0.3, -0.25) is 9.78 Å². The van der Waals surface area contributed by atoms with Gasteiger partial charge >= 0.3 is 5.97 Å². The van der Waals surface area contributed by atoms with Gasteiger partial charge in [0.1, 0.15) is 0 Å². The molecule has 6 nitrogen and oxygen atoms in total. The van der Waals surface area contributed by atoms with E-state index in [2.05, 4.69) is 15.0 Å². The summed E-state index contributed by atoms with van der Waals surface area (Å²) in [7, 11) is 1.28. The molecule has 1 atom stereocenters. The molecule has 0 fully saturated rings. The summed E-state index contributed by atoms with van der Waals surface area (Å²) in [6, 6.07) is 3.51. The molecule has 1 heterocycles. The van der Waals surface area contributed by atoms with E-state index in [-0.39, 0.29) is 18.9 Å². The zero-order valence-electron chi connectivity index (χ0n) is 9.42. The number of aliphatic carboxylic acids is 1. The lowest BCUT2D eigenvalue weighted by Gasteiger charge is -2.11. The Hall–Kier alpha value is -1.95. The van der Waals surface area contributed by atoms with Crippen LogP contribution in [0.15, 0.2) is 24.5 Å². The van der Waals surface area contributed by atoms with Crippen molar-refractivity contribution < 1.29 is 19.4 Å². The topological polar surface area (TPSA) is 88.5 Å². The minimum atomic E-state index is -1.10. The summed E-state index contributed by atoms with van der Waals surface area (Å²) in [5, 5.41) is 11.2. The molecule has 0 aliphatic carbocycles. The van der Waals surface area contributed by atoms with Crippen LogP contribution in [0.4, 0.5) is 0 Å². The van der Waals surface area contributed by atoms with Gasteiger partial charge < -0.3 is 15.2 Å². The molecule has 0 aliphatic rings. The molecule has 1 aromatic heterocycles. The van der Waals surface area contributed by atoms with E-state index < -0.39 is 12.1 Å². The second-order valence-electron chi connectivity index (χ2n) is 3.40. The van der Waals surface area contributed by atoms with Crippen LogP contribution >= 0.6 is 0 Å². The zero-order chi connectivity index (χ0) is 12.7. The summed E-state index contributed by atoms with van der Waals surface area (Å²) in [4.78, 5) is 26.0. The number of aromatic nitrogens is 1. The van der Waals surface area contributed by atoms with Crippen LogP contribution in [0.1, 0.15) is 5.56 Å². The molecule has 0 aliphatic heterocycles.